The Bertz CT molecular complexity index is 1330. The third-order valence-corrected chi connectivity index (χ3v) is 7.45. The Kier molecular flexibility index (Phi) is 5.67. The van der Waals surface area contributed by atoms with Gasteiger partial charge in [-0.2, -0.15) is 0 Å². The van der Waals surface area contributed by atoms with Gasteiger partial charge >= 0.3 is 0 Å². The predicted molar refractivity (Wildman–Crippen MR) is 133 cm³/mol. The molecule has 0 radical (unpaired) electrons. The number of hydrogen-bond donors (Lipinski definition) is 2. The summed E-state index contributed by atoms with van der Waals surface area (Å²) in [6, 6.07) is 17.4. The van der Waals surface area contributed by atoms with E-state index in [-0.39, 0.29) is 16.8 Å². The van der Waals surface area contributed by atoms with E-state index in [9.17, 15) is 9.59 Å². The molecule has 5 nitrogen and oxygen atoms in total. The Morgan fingerprint density at radius 1 is 1.06 bits per heavy atom. The number of fused-ring (bicyclic) bond motifs is 1. The summed E-state index contributed by atoms with van der Waals surface area (Å²) in [6.45, 7) is 4.19. The minimum absolute atomic E-state index is 0.0878. The van der Waals surface area contributed by atoms with Crippen LogP contribution in [0.3, 0.4) is 0 Å². The fourth-order valence-electron chi connectivity index (χ4n) is 4.70. The number of carbonyl (C=O) groups is 1. The predicted octanol–water partition coefficient (Wildman–Crippen LogP) is 5.92. The number of nitrogens with one attached hydrogen (secondary N) is 2. The van der Waals surface area contributed by atoms with Crippen LogP contribution in [0.5, 0.6) is 0 Å². The van der Waals surface area contributed by atoms with Crippen LogP contribution in [0.25, 0.3) is 0 Å². The molecule has 0 saturated heterocycles. The molecule has 1 aliphatic heterocycles. The summed E-state index contributed by atoms with van der Waals surface area (Å²) in [4.78, 5) is 34.3. The Morgan fingerprint density at radius 3 is 2.55 bits per heavy atom. The van der Waals surface area contributed by atoms with Gasteiger partial charge in [-0.15, -0.1) is 0 Å². The average molecular weight is 478 g/mol. The van der Waals surface area contributed by atoms with E-state index < -0.39 is 5.92 Å². The van der Waals surface area contributed by atoms with E-state index in [1.54, 1.807) is 0 Å². The number of aromatic nitrogens is 2. The van der Waals surface area contributed by atoms with E-state index >= 15 is 0 Å². The van der Waals surface area contributed by atoms with Gasteiger partial charge in [0.1, 0.15) is 5.82 Å². The number of thioether (sulfide) groups is 1. The van der Waals surface area contributed by atoms with Gasteiger partial charge in [-0.05, 0) is 29.0 Å². The van der Waals surface area contributed by atoms with E-state index in [2.05, 4.69) is 24.1 Å². The third kappa shape index (κ3) is 4.25. The lowest BCUT2D eigenvalue weighted by molar-refractivity contribution is -0.118. The van der Waals surface area contributed by atoms with E-state index in [0.717, 1.165) is 23.2 Å². The normalized spacial score (nSPS) is 19.0. The zero-order chi connectivity index (χ0) is 23.2. The molecule has 0 fully saturated rings. The van der Waals surface area contributed by atoms with Crippen molar-refractivity contribution in [2.75, 3.05) is 5.32 Å². The number of nitrogens with zero attached hydrogens (tertiary/aromatic N) is 1. The number of H-pyrrole nitrogens is 1. The highest BCUT2D eigenvalue weighted by atomic mass is 35.5. The van der Waals surface area contributed by atoms with E-state index in [0.29, 0.717) is 39.3 Å². The molecule has 1 aliphatic carbocycles. The number of hydrogen-bond acceptors (Lipinski definition) is 5. The number of allylic oxidation sites excluding steroid dienone is 2. The van der Waals surface area contributed by atoms with Crippen LogP contribution in [0.2, 0.25) is 5.02 Å². The minimum Gasteiger partial charge on any atom is -0.343 e. The molecule has 2 N–H and O–H groups in total. The van der Waals surface area contributed by atoms with Crippen LogP contribution in [0.1, 0.15) is 49.3 Å². The highest BCUT2D eigenvalue weighted by Crippen LogP contribution is 2.47. The quantitative estimate of drug-likeness (QED) is 0.360. The van der Waals surface area contributed by atoms with Crippen molar-refractivity contribution in [3.8, 4) is 0 Å². The first kappa shape index (κ1) is 22.0. The summed E-state index contributed by atoms with van der Waals surface area (Å²) >= 11 is 7.71. The molecule has 168 valence electrons. The second kappa shape index (κ2) is 8.50. The Morgan fingerprint density at radius 2 is 1.79 bits per heavy atom. The topological polar surface area (TPSA) is 74.8 Å². The van der Waals surface area contributed by atoms with Gasteiger partial charge in [0.25, 0.3) is 5.56 Å². The highest BCUT2D eigenvalue weighted by Gasteiger charge is 2.42. The standard InChI is InChI=1S/C26H24ClN3O2S/c1-26(2)12-18-21(19(31)13-26)20(15-8-4-3-5-9-15)22-23(28-18)29-25(30-24(22)32)33-14-16-10-6-7-11-17(16)27/h3-11,20H,12-14H2,1-2H3,(H2,28,29,30,32)/t20-/m1/s1. The Balaban J connectivity index is 1.58. The zero-order valence-electron chi connectivity index (χ0n) is 18.4. The van der Waals surface area contributed by atoms with Crippen molar-refractivity contribution >= 4 is 35.0 Å². The summed E-state index contributed by atoms with van der Waals surface area (Å²) in [5.74, 6) is 0.770. The van der Waals surface area contributed by atoms with Crippen molar-refractivity contribution in [2.24, 2.45) is 5.41 Å². The van der Waals surface area contributed by atoms with Crippen LogP contribution in [-0.2, 0) is 10.5 Å². The zero-order valence-corrected chi connectivity index (χ0v) is 20.0. The number of aromatic amines is 1. The average Bonchev–Trinajstić information content (AvgIpc) is 2.77. The number of rotatable bonds is 4. The minimum atomic E-state index is -0.431. The van der Waals surface area contributed by atoms with Crippen molar-refractivity contribution in [3.05, 3.63) is 97.9 Å². The maximum absolute atomic E-state index is 13.3. The molecule has 7 heteroatoms. The van der Waals surface area contributed by atoms with Gasteiger partial charge in [0.15, 0.2) is 10.9 Å². The van der Waals surface area contributed by atoms with Crippen molar-refractivity contribution in [1.82, 2.24) is 9.97 Å². The Labute approximate surface area is 201 Å². The molecular formula is C26H24ClN3O2S. The summed E-state index contributed by atoms with van der Waals surface area (Å²) in [7, 11) is 0. The van der Waals surface area contributed by atoms with E-state index in [1.807, 2.05) is 54.6 Å². The molecule has 2 heterocycles. The largest absolute Gasteiger partial charge is 0.343 e. The van der Waals surface area contributed by atoms with Crippen molar-refractivity contribution < 1.29 is 4.79 Å². The molecule has 0 unspecified atom stereocenters. The van der Waals surface area contributed by atoms with Crippen molar-refractivity contribution in [1.29, 1.82) is 0 Å². The van der Waals surface area contributed by atoms with Gasteiger partial charge < -0.3 is 10.3 Å². The number of benzene rings is 2. The second-order valence-electron chi connectivity index (χ2n) is 9.32. The summed E-state index contributed by atoms with van der Waals surface area (Å²) in [5.41, 5.74) is 3.58. The second-order valence-corrected chi connectivity index (χ2v) is 10.7. The van der Waals surface area contributed by atoms with Crippen LogP contribution >= 0.6 is 23.4 Å². The molecule has 1 aromatic heterocycles. The van der Waals surface area contributed by atoms with Crippen molar-refractivity contribution in [2.45, 2.75) is 43.5 Å². The van der Waals surface area contributed by atoms with Gasteiger partial charge in [0, 0.05) is 34.4 Å². The summed E-state index contributed by atoms with van der Waals surface area (Å²) in [6.07, 6.45) is 1.19. The third-order valence-electron chi connectivity index (χ3n) is 6.16. The van der Waals surface area contributed by atoms with Crippen LogP contribution in [-0.4, -0.2) is 15.8 Å². The number of halogens is 1. The molecule has 0 saturated carbocycles. The van der Waals surface area contributed by atoms with Gasteiger partial charge in [0.2, 0.25) is 0 Å². The number of carbonyl (C=O) groups excluding carboxylic acids is 1. The fourth-order valence-corrected chi connectivity index (χ4v) is 5.85. The lowest BCUT2D eigenvalue weighted by atomic mass is 9.69. The lowest BCUT2D eigenvalue weighted by Gasteiger charge is -2.38. The molecule has 33 heavy (non-hydrogen) atoms. The first-order valence-electron chi connectivity index (χ1n) is 10.9. The maximum Gasteiger partial charge on any atom is 0.257 e. The van der Waals surface area contributed by atoms with Crippen LogP contribution < -0.4 is 10.9 Å². The monoisotopic (exact) mass is 477 g/mol. The molecule has 2 aliphatic rings. The van der Waals surface area contributed by atoms with Crippen LogP contribution in [0, 0.1) is 5.41 Å². The van der Waals surface area contributed by atoms with Crippen molar-refractivity contribution in [3.63, 3.8) is 0 Å². The SMILES string of the molecule is CC1(C)CC(=O)C2=C(C1)Nc1nc(SCc3ccccc3Cl)[nH]c(=O)c1[C@@H]2c1ccccc1. The highest BCUT2D eigenvalue weighted by molar-refractivity contribution is 7.98. The first-order valence-corrected chi connectivity index (χ1v) is 12.3. The van der Waals surface area contributed by atoms with Crippen LogP contribution in [0.4, 0.5) is 5.82 Å². The van der Waals surface area contributed by atoms with Gasteiger partial charge in [-0.1, -0.05) is 85.7 Å². The molecule has 2 aromatic carbocycles. The van der Waals surface area contributed by atoms with Crippen LogP contribution in [0.15, 0.2) is 75.8 Å². The van der Waals surface area contributed by atoms with E-state index in [1.165, 1.54) is 11.8 Å². The summed E-state index contributed by atoms with van der Waals surface area (Å²) in [5, 5.41) is 4.57. The number of anilines is 1. The molecule has 3 aromatic rings. The number of ketones is 1. The fraction of sp³-hybridized carbons (Fsp3) is 0.269. The summed E-state index contributed by atoms with van der Waals surface area (Å²) < 4.78 is 0. The lowest BCUT2D eigenvalue weighted by Crippen LogP contribution is -2.37. The molecule has 1 atom stereocenters. The smallest absolute Gasteiger partial charge is 0.257 e. The molecule has 0 amide bonds. The van der Waals surface area contributed by atoms with Gasteiger partial charge in [-0.25, -0.2) is 4.98 Å². The molecular weight excluding hydrogens is 454 g/mol. The molecule has 0 bridgehead atoms. The van der Waals surface area contributed by atoms with E-state index in [4.69, 9.17) is 16.6 Å². The molecule has 5 rings (SSSR count). The van der Waals surface area contributed by atoms with Gasteiger partial charge in [-0.3, -0.25) is 9.59 Å². The maximum atomic E-state index is 13.3. The Hall–Kier alpha value is -2.83. The first-order chi connectivity index (χ1) is 15.8. The van der Waals surface area contributed by atoms with Gasteiger partial charge in [0.05, 0.1) is 5.56 Å². The molecule has 0 spiro atoms. The number of Topliss-reactive ketones (excluding diaryl/α,β-unsaturated/α-hetero) is 1.